The number of fused-ring (bicyclic) bond motifs is 10. The summed E-state index contributed by atoms with van der Waals surface area (Å²) in [7, 11) is 0. The molecule has 0 unspecified atom stereocenters. The highest BCUT2D eigenvalue weighted by atomic mass is 32.1. The molecule has 0 saturated heterocycles. The van der Waals surface area contributed by atoms with Crippen molar-refractivity contribution in [1.29, 1.82) is 0 Å². The number of thiophene rings is 1. The van der Waals surface area contributed by atoms with Crippen LogP contribution in [0.3, 0.4) is 0 Å². The number of benzene rings is 9. The SMILES string of the molecule is c1ccc2c(-c3ccc(-c4c5ccccc5c(-c5cccc6oc7c(ccc8c9ccccc9sc87)c56)c5ccccc45)cc3)cccc2c1. The average Bonchev–Trinajstić information content (AvgIpc) is 3.76. The molecule has 0 bridgehead atoms. The molecule has 1 nitrogen and oxygen atoms in total. The third-order valence-corrected chi connectivity index (χ3v) is 11.7. The molecule has 9 aromatic carbocycles. The standard InChI is InChI=1S/C48H28OS/c1-2-13-32-29(11-1)12-9-19-33(32)30-23-25-31(26-24-30)44-35-15-3-5-17-37(35)45(38-18-6-4-16-36(38)44)40-20-10-21-42-46(40)41-28-27-39-34-14-7-8-22-43(34)50-48(39)47(41)49-42/h1-28H. The van der Waals surface area contributed by atoms with Crippen LogP contribution in [0, 0.1) is 0 Å². The molecule has 0 amide bonds. The van der Waals surface area contributed by atoms with Crippen molar-refractivity contribution in [3.05, 3.63) is 170 Å². The minimum atomic E-state index is 0.920. The monoisotopic (exact) mass is 652 g/mol. The van der Waals surface area contributed by atoms with Gasteiger partial charge in [-0.25, -0.2) is 0 Å². The van der Waals surface area contributed by atoms with E-state index in [1.54, 1.807) is 0 Å². The van der Waals surface area contributed by atoms with Gasteiger partial charge < -0.3 is 4.42 Å². The molecule has 0 saturated carbocycles. The van der Waals surface area contributed by atoms with Crippen LogP contribution in [0.1, 0.15) is 0 Å². The van der Waals surface area contributed by atoms with Gasteiger partial charge in [-0.2, -0.15) is 0 Å². The van der Waals surface area contributed by atoms with E-state index in [9.17, 15) is 0 Å². The third kappa shape index (κ3) is 3.94. The van der Waals surface area contributed by atoms with Gasteiger partial charge >= 0.3 is 0 Å². The molecule has 2 heteroatoms. The van der Waals surface area contributed by atoms with Gasteiger partial charge in [0.2, 0.25) is 0 Å². The van der Waals surface area contributed by atoms with Crippen molar-refractivity contribution in [2.24, 2.45) is 0 Å². The Morgan fingerprint density at radius 1 is 0.360 bits per heavy atom. The molecule has 50 heavy (non-hydrogen) atoms. The zero-order chi connectivity index (χ0) is 32.8. The molecule has 11 rings (SSSR count). The van der Waals surface area contributed by atoms with Crippen molar-refractivity contribution < 1.29 is 4.42 Å². The quantitative estimate of drug-likeness (QED) is 0.173. The Labute approximate surface area is 292 Å². The predicted molar refractivity (Wildman–Crippen MR) is 215 cm³/mol. The molecular weight excluding hydrogens is 625 g/mol. The molecule has 0 atom stereocenters. The Hall–Kier alpha value is -6.22. The van der Waals surface area contributed by atoms with Crippen molar-refractivity contribution >= 4 is 85.8 Å². The maximum absolute atomic E-state index is 6.76. The molecule has 232 valence electrons. The van der Waals surface area contributed by atoms with Crippen LogP contribution in [-0.2, 0) is 0 Å². The lowest BCUT2D eigenvalue weighted by Crippen LogP contribution is -1.91. The van der Waals surface area contributed by atoms with Gasteiger partial charge in [-0.05, 0) is 83.9 Å². The van der Waals surface area contributed by atoms with Crippen LogP contribution in [-0.4, -0.2) is 0 Å². The third-order valence-electron chi connectivity index (χ3n) is 10.5. The van der Waals surface area contributed by atoms with Crippen molar-refractivity contribution in [2.45, 2.75) is 0 Å². The zero-order valence-electron chi connectivity index (χ0n) is 27.0. The van der Waals surface area contributed by atoms with E-state index in [0.717, 1.165) is 16.6 Å². The number of rotatable bonds is 3. The summed E-state index contributed by atoms with van der Waals surface area (Å²) >= 11 is 1.82. The smallest absolute Gasteiger partial charge is 0.153 e. The van der Waals surface area contributed by atoms with Gasteiger partial charge in [-0.3, -0.25) is 0 Å². The molecule has 0 N–H and O–H groups in total. The topological polar surface area (TPSA) is 13.1 Å². The van der Waals surface area contributed by atoms with E-state index in [4.69, 9.17) is 4.42 Å². The zero-order valence-corrected chi connectivity index (χ0v) is 27.8. The van der Waals surface area contributed by atoms with Crippen molar-refractivity contribution in [3.63, 3.8) is 0 Å². The van der Waals surface area contributed by atoms with Gasteiger partial charge in [-0.1, -0.05) is 152 Å². The molecule has 11 aromatic rings. The average molecular weight is 653 g/mol. The minimum absolute atomic E-state index is 0.920. The maximum Gasteiger partial charge on any atom is 0.153 e. The second-order valence-corrected chi connectivity index (χ2v) is 14.2. The van der Waals surface area contributed by atoms with E-state index < -0.39 is 0 Å². The van der Waals surface area contributed by atoms with Gasteiger partial charge in [0.1, 0.15) is 5.58 Å². The highest BCUT2D eigenvalue weighted by Crippen LogP contribution is 2.49. The molecule has 0 spiro atoms. The summed E-state index contributed by atoms with van der Waals surface area (Å²) in [5, 5.41) is 12.4. The molecule has 2 heterocycles. The summed E-state index contributed by atoms with van der Waals surface area (Å²) in [5.74, 6) is 0. The second kappa shape index (κ2) is 10.6. The molecular formula is C48H28OS. The van der Waals surface area contributed by atoms with E-state index in [1.807, 2.05) is 11.3 Å². The molecule has 0 fully saturated rings. The van der Waals surface area contributed by atoms with Gasteiger partial charge in [0.25, 0.3) is 0 Å². The van der Waals surface area contributed by atoms with Crippen molar-refractivity contribution in [3.8, 4) is 33.4 Å². The van der Waals surface area contributed by atoms with E-state index >= 15 is 0 Å². The fraction of sp³-hybridized carbons (Fsp3) is 0. The Kier molecular flexibility index (Phi) is 5.89. The van der Waals surface area contributed by atoms with Crippen LogP contribution in [0.25, 0.3) is 108 Å². The predicted octanol–water partition coefficient (Wildman–Crippen LogP) is 14.4. The fourth-order valence-electron chi connectivity index (χ4n) is 8.30. The molecule has 0 aliphatic rings. The lowest BCUT2D eigenvalue weighted by atomic mass is 9.84. The van der Waals surface area contributed by atoms with Gasteiger partial charge in [0.15, 0.2) is 5.58 Å². The Morgan fingerprint density at radius 2 is 0.920 bits per heavy atom. The van der Waals surface area contributed by atoms with Crippen LogP contribution in [0.2, 0.25) is 0 Å². The Morgan fingerprint density at radius 3 is 1.68 bits per heavy atom. The maximum atomic E-state index is 6.76. The summed E-state index contributed by atoms with van der Waals surface area (Å²) in [6, 6.07) is 61.9. The molecule has 0 aliphatic carbocycles. The highest BCUT2D eigenvalue weighted by Gasteiger charge is 2.21. The summed E-state index contributed by atoms with van der Waals surface area (Å²) in [5.41, 5.74) is 9.30. The van der Waals surface area contributed by atoms with E-state index in [2.05, 4.69) is 170 Å². The summed E-state index contributed by atoms with van der Waals surface area (Å²) in [6.45, 7) is 0. The van der Waals surface area contributed by atoms with Crippen LogP contribution in [0.4, 0.5) is 0 Å². The number of hydrogen-bond acceptors (Lipinski definition) is 2. The van der Waals surface area contributed by atoms with E-state index in [1.165, 1.54) is 91.3 Å². The Balaban J connectivity index is 1.16. The fourth-order valence-corrected chi connectivity index (χ4v) is 9.48. The van der Waals surface area contributed by atoms with Crippen molar-refractivity contribution in [1.82, 2.24) is 0 Å². The molecule has 2 aromatic heterocycles. The van der Waals surface area contributed by atoms with Gasteiger partial charge in [-0.15, -0.1) is 11.3 Å². The first kappa shape index (κ1) is 27.7. The Bertz CT molecular complexity index is 3080. The lowest BCUT2D eigenvalue weighted by molar-refractivity contribution is 0.673. The number of hydrogen-bond donors (Lipinski definition) is 0. The normalized spacial score (nSPS) is 12.0. The first-order valence-electron chi connectivity index (χ1n) is 17.1. The first-order chi connectivity index (χ1) is 24.8. The van der Waals surface area contributed by atoms with E-state index in [0.29, 0.717) is 0 Å². The van der Waals surface area contributed by atoms with Crippen LogP contribution in [0.15, 0.2) is 174 Å². The molecule has 0 radical (unpaired) electrons. The van der Waals surface area contributed by atoms with E-state index in [-0.39, 0.29) is 0 Å². The summed E-state index contributed by atoms with van der Waals surface area (Å²) in [4.78, 5) is 0. The van der Waals surface area contributed by atoms with Crippen LogP contribution < -0.4 is 0 Å². The van der Waals surface area contributed by atoms with Gasteiger partial charge in [0.05, 0.1) is 4.70 Å². The highest BCUT2D eigenvalue weighted by molar-refractivity contribution is 7.26. The minimum Gasteiger partial charge on any atom is -0.455 e. The lowest BCUT2D eigenvalue weighted by Gasteiger charge is -2.18. The van der Waals surface area contributed by atoms with Crippen molar-refractivity contribution in [2.75, 3.05) is 0 Å². The van der Waals surface area contributed by atoms with Crippen LogP contribution in [0.5, 0.6) is 0 Å². The molecule has 0 aliphatic heterocycles. The number of furan rings is 1. The second-order valence-electron chi connectivity index (χ2n) is 13.1. The first-order valence-corrected chi connectivity index (χ1v) is 17.9. The summed E-state index contributed by atoms with van der Waals surface area (Å²) in [6.07, 6.45) is 0. The largest absolute Gasteiger partial charge is 0.455 e. The summed E-state index contributed by atoms with van der Waals surface area (Å²) < 4.78 is 9.26. The van der Waals surface area contributed by atoms with Crippen LogP contribution >= 0.6 is 11.3 Å². The van der Waals surface area contributed by atoms with Gasteiger partial charge in [0, 0.05) is 26.2 Å².